The summed E-state index contributed by atoms with van der Waals surface area (Å²) in [5.74, 6) is 1.19. The first-order valence-electron chi connectivity index (χ1n) is 9.40. The highest BCUT2D eigenvalue weighted by atomic mass is 32.2. The molecular formula is C20H19F3N4OS2. The summed E-state index contributed by atoms with van der Waals surface area (Å²) >= 11 is 2.66. The first kappa shape index (κ1) is 20.9. The van der Waals surface area contributed by atoms with E-state index in [1.54, 1.807) is 10.6 Å². The second-order valence-corrected chi connectivity index (χ2v) is 9.24. The number of aromatic nitrogens is 4. The Morgan fingerprint density at radius 2 is 2.00 bits per heavy atom. The van der Waals surface area contributed by atoms with E-state index < -0.39 is 11.7 Å². The number of fused-ring (bicyclic) bond motifs is 3. The van der Waals surface area contributed by atoms with Gasteiger partial charge in [0.25, 0.3) is 5.56 Å². The molecule has 0 radical (unpaired) electrons. The summed E-state index contributed by atoms with van der Waals surface area (Å²) in [5.41, 5.74) is 0.503. The maximum atomic E-state index is 13.0. The van der Waals surface area contributed by atoms with E-state index in [4.69, 9.17) is 0 Å². The molecule has 0 saturated heterocycles. The molecule has 0 saturated carbocycles. The lowest BCUT2D eigenvalue weighted by atomic mass is 10.1. The molecular weight excluding hydrogens is 433 g/mol. The van der Waals surface area contributed by atoms with E-state index in [9.17, 15) is 18.0 Å². The third-order valence-corrected chi connectivity index (χ3v) is 6.63. The summed E-state index contributed by atoms with van der Waals surface area (Å²) in [7, 11) is 0. The molecule has 4 aromatic rings. The first-order chi connectivity index (χ1) is 14.3. The Kier molecular flexibility index (Phi) is 5.63. The van der Waals surface area contributed by atoms with Gasteiger partial charge in [-0.05, 0) is 35.4 Å². The van der Waals surface area contributed by atoms with Crippen molar-refractivity contribution in [2.75, 3.05) is 0 Å². The van der Waals surface area contributed by atoms with E-state index in [0.717, 1.165) is 24.1 Å². The van der Waals surface area contributed by atoms with Crippen molar-refractivity contribution >= 4 is 39.1 Å². The molecule has 10 heteroatoms. The normalized spacial score (nSPS) is 12.5. The maximum absolute atomic E-state index is 13.0. The van der Waals surface area contributed by atoms with Crippen molar-refractivity contribution in [1.29, 1.82) is 0 Å². The Morgan fingerprint density at radius 1 is 1.20 bits per heavy atom. The Balaban J connectivity index is 1.72. The van der Waals surface area contributed by atoms with Crippen molar-refractivity contribution in [1.82, 2.24) is 19.2 Å². The molecule has 0 atom stereocenters. The number of hydrogen-bond donors (Lipinski definition) is 0. The average Bonchev–Trinajstić information content (AvgIpc) is 3.32. The van der Waals surface area contributed by atoms with Gasteiger partial charge in [-0.1, -0.05) is 43.8 Å². The molecule has 30 heavy (non-hydrogen) atoms. The molecule has 0 fully saturated rings. The molecule has 158 valence electrons. The van der Waals surface area contributed by atoms with E-state index in [2.05, 4.69) is 24.0 Å². The fourth-order valence-corrected chi connectivity index (χ4v) is 4.87. The number of aryl methyl sites for hydroxylation is 1. The van der Waals surface area contributed by atoms with Crippen LogP contribution < -0.4 is 5.56 Å². The van der Waals surface area contributed by atoms with Crippen LogP contribution in [0.2, 0.25) is 0 Å². The summed E-state index contributed by atoms with van der Waals surface area (Å²) in [6.45, 7) is 4.71. The number of alkyl halides is 3. The van der Waals surface area contributed by atoms with E-state index in [1.165, 1.54) is 29.2 Å². The average molecular weight is 453 g/mol. The molecule has 0 aliphatic rings. The topological polar surface area (TPSA) is 52.2 Å². The summed E-state index contributed by atoms with van der Waals surface area (Å²) in [5, 5.41) is 10.9. The van der Waals surface area contributed by atoms with Crippen LogP contribution in [-0.2, 0) is 18.5 Å². The zero-order valence-corrected chi connectivity index (χ0v) is 17.9. The van der Waals surface area contributed by atoms with Crippen molar-refractivity contribution in [3.05, 3.63) is 57.2 Å². The Labute approximate surface area is 178 Å². The molecule has 0 N–H and O–H groups in total. The van der Waals surface area contributed by atoms with Gasteiger partial charge in [0.2, 0.25) is 5.78 Å². The third kappa shape index (κ3) is 3.98. The molecule has 4 rings (SSSR count). The van der Waals surface area contributed by atoms with Crippen LogP contribution in [0.3, 0.4) is 0 Å². The molecule has 0 aliphatic heterocycles. The number of thiophene rings is 1. The fourth-order valence-electron chi connectivity index (χ4n) is 3.17. The number of rotatable bonds is 6. The van der Waals surface area contributed by atoms with Gasteiger partial charge in [0.15, 0.2) is 5.16 Å². The van der Waals surface area contributed by atoms with Gasteiger partial charge >= 0.3 is 6.18 Å². The summed E-state index contributed by atoms with van der Waals surface area (Å²) < 4.78 is 43.0. The van der Waals surface area contributed by atoms with E-state index in [-0.39, 0.29) is 5.56 Å². The lowest BCUT2D eigenvalue weighted by Gasteiger charge is -2.11. The van der Waals surface area contributed by atoms with Crippen LogP contribution in [0.1, 0.15) is 31.4 Å². The highest BCUT2D eigenvalue weighted by molar-refractivity contribution is 7.98. The third-order valence-electron chi connectivity index (χ3n) is 4.73. The molecule has 0 aliphatic carbocycles. The predicted octanol–water partition coefficient (Wildman–Crippen LogP) is 5.46. The zero-order chi connectivity index (χ0) is 21.5. The van der Waals surface area contributed by atoms with Crippen LogP contribution in [0.25, 0.3) is 16.0 Å². The van der Waals surface area contributed by atoms with Gasteiger partial charge in [0.05, 0.1) is 11.1 Å². The Bertz CT molecular complexity index is 1260. The monoisotopic (exact) mass is 452 g/mol. The number of benzene rings is 1. The number of halogens is 3. The zero-order valence-electron chi connectivity index (χ0n) is 16.3. The van der Waals surface area contributed by atoms with E-state index in [1.807, 2.05) is 15.8 Å². The van der Waals surface area contributed by atoms with Crippen molar-refractivity contribution in [2.45, 2.75) is 43.9 Å². The molecule has 3 aromatic heterocycles. The summed E-state index contributed by atoms with van der Waals surface area (Å²) in [6.07, 6.45) is -3.55. The maximum Gasteiger partial charge on any atom is 0.416 e. The standard InChI is InChI=1S/C20H19F3N4OS2/c1-12(2)6-8-26-17(28)16-15(7-9-29-16)27-18(26)24-25-19(27)30-11-13-4-3-5-14(10-13)20(21,22)23/h3-5,7,9-10,12H,6,8,11H2,1-2H3. The van der Waals surface area contributed by atoms with Crippen molar-refractivity contribution in [2.24, 2.45) is 5.92 Å². The van der Waals surface area contributed by atoms with Crippen LogP contribution in [0.15, 0.2) is 45.7 Å². The van der Waals surface area contributed by atoms with Crippen molar-refractivity contribution < 1.29 is 13.2 Å². The highest BCUT2D eigenvalue weighted by Gasteiger charge is 2.30. The molecule has 0 bridgehead atoms. The lowest BCUT2D eigenvalue weighted by Crippen LogP contribution is -2.23. The Hall–Kier alpha value is -2.33. The van der Waals surface area contributed by atoms with Gasteiger partial charge in [-0.25, -0.2) is 0 Å². The van der Waals surface area contributed by atoms with Crippen LogP contribution >= 0.6 is 23.1 Å². The van der Waals surface area contributed by atoms with Gasteiger partial charge < -0.3 is 0 Å². The van der Waals surface area contributed by atoms with Gasteiger partial charge in [0.1, 0.15) is 4.70 Å². The van der Waals surface area contributed by atoms with Gasteiger partial charge in [-0.15, -0.1) is 21.5 Å². The smallest absolute Gasteiger partial charge is 0.276 e. The van der Waals surface area contributed by atoms with E-state index >= 15 is 0 Å². The molecule has 5 nitrogen and oxygen atoms in total. The van der Waals surface area contributed by atoms with Crippen molar-refractivity contribution in [3.8, 4) is 0 Å². The predicted molar refractivity (Wildman–Crippen MR) is 113 cm³/mol. The molecule has 0 spiro atoms. The number of nitrogens with zero attached hydrogens (tertiary/aromatic N) is 4. The van der Waals surface area contributed by atoms with Crippen LogP contribution in [0, 0.1) is 5.92 Å². The summed E-state index contributed by atoms with van der Waals surface area (Å²) in [6, 6.07) is 7.11. The first-order valence-corrected chi connectivity index (χ1v) is 11.3. The minimum atomic E-state index is -4.38. The molecule has 3 heterocycles. The molecule has 1 aromatic carbocycles. The second-order valence-electron chi connectivity index (χ2n) is 7.38. The quantitative estimate of drug-likeness (QED) is 0.365. The van der Waals surface area contributed by atoms with Crippen LogP contribution in [0.5, 0.6) is 0 Å². The largest absolute Gasteiger partial charge is 0.416 e. The van der Waals surface area contributed by atoms with E-state index in [0.29, 0.717) is 39.4 Å². The fraction of sp³-hybridized carbons (Fsp3) is 0.350. The summed E-state index contributed by atoms with van der Waals surface area (Å²) in [4.78, 5) is 12.9. The minimum Gasteiger partial charge on any atom is -0.276 e. The SMILES string of the molecule is CC(C)CCn1c(=O)c2sccc2n2c(SCc3cccc(C(F)(F)F)c3)nnc12. The van der Waals surface area contributed by atoms with Gasteiger partial charge in [-0.2, -0.15) is 13.2 Å². The van der Waals surface area contributed by atoms with Gasteiger partial charge in [0, 0.05) is 12.3 Å². The number of hydrogen-bond acceptors (Lipinski definition) is 5. The highest BCUT2D eigenvalue weighted by Crippen LogP contribution is 2.31. The van der Waals surface area contributed by atoms with Gasteiger partial charge in [-0.3, -0.25) is 13.8 Å². The van der Waals surface area contributed by atoms with Crippen LogP contribution in [-0.4, -0.2) is 19.2 Å². The van der Waals surface area contributed by atoms with Crippen LogP contribution in [0.4, 0.5) is 13.2 Å². The molecule has 0 unspecified atom stereocenters. The Morgan fingerprint density at radius 3 is 2.73 bits per heavy atom. The lowest BCUT2D eigenvalue weighted by molar-refractivity contribution is -0.137. The molecule has 0 amide bonds. The number of thioether (sulfide) groups is 1. The minimum absolute atomic E-state index is 0.0880. The van der Waals surface area contributed by atoms with Crippen molar-refractivity contribution in [3.63, 3.8) is 0 Å². The second kappa shape index (κ2) is 8.07.